The molecule has 0 nitrogen and oxygen atoms in total. The second kappa shape index (κ2) is 9.47. The quantitative estimate of drug-likeness (QED) is 0.321. The highest BCUT2D eigenvalue weighted by Gasteiger charge is 2.62. The van der Waals surface area contributed by atoms with Gasteiger partial charge in [-0.3, -0.25) is 0 Å². The SMILES string of the molecule is CCCCCCC12CC3CCCC3C(C(C3CCC4CC3C4)CC3CCC1C3)C2C(C)CC. The van der Waals surface area contributed by atoms with Crippen molar-refractivity contribution in [1.29, 1.82) is 0 Å². The monoisotopic (exact) mass is 452 g/mol. The molecule has 7 aliphatic rings. The van der Waals surface area contributed by atoms with Crippen molar-refractivity contribution in [3.05, 3.63) is 0 Å². The Morgan fingerprint density at radius 2 is 1.55 bits per heavy atom. The van der Waals surface area contributed by atoms with Crippen LogP contribution in [-0.4, -0.2) is 0 Å². The summed E-state index contributed by atoms with van der Waals surface area (Å²) in [5, 5.41) is 0. The van der Waals surface area contributed by atoms with Gasteiger partial charge in [-0.25, -0.2) is 0 Å². The van der Waals surface area contributed by atoms with Gasteiger partial charge in [-0.1, -0.05) is 78.6 Å². The molecule has 10 unspecified atom stereocenters. The Bertz CT molecular complexity index is 656. The van der Waals surface area contributed by atoms with Gasteiger partial charge in [0.15, 0.2) is 0 Å². The van der Waals surface area contributed by atoms with Gasteiger partial charge in [0.05, 0.1) is 0 Å². The van der Waals surface area contributed by atoms with Crippen molar-refractivity contribution in [3.8, 4) is 0 Å². The van der Waals surface area contributed by atoms with Gasteiger partial charge in [0.25, 0.3) is 0 Å². The molecule has 188 valence electrons. The van der Waals surface area contributed by atoms with Crippen LogP contribution in [0.4, 0.5) is 0 Å². The van der Waals surface area contributed by atoms with Gasteiger partial charge in [0, 0.05) is 0 Å². The van der Waals surface area contributed by atoms with E-state index in [0.29, 0.717) is 0 Å². The first-order chi connectivity index (χ1) is 16.1. The molecule has 6 bridgehead atoms. The van der Waals surface area contributed by atoms with Crippen LogP contribution in [0.3, 0.4) is 0 Å². The van der Waals surface area contributed by atoms with Crippen molar-refractivity contribution in [2.75, 3.05) is 0 Å². The summed E-state index contributed by atoms with van der Waals surface area (Å²) in [6, 6.07) is 0. The third kappa shape index (κ3) is 3.89. The van der Waals surface area contributed by atoms with Gasteiger partial charge in [-0.2, -0.15) is 0 Å². The zero-order chi connectivity index (χ0) is 22.6. The summed E-state index contributed by atoms with van der Waals surface area (Å²) >= 11 is 0. The Hall–Kier alpha value is 0. The molecule has 7 saturated carbocycles. The van der Waals surface area contributed by atoms with Crippen LogP contribution >= 0.6 is 0 Å². The summed E-state index contributed by atoms with van der Waals surface area (Å²) < 4.78 is 0. The topological polar surface area (TPSA) is 0 Å². The van der Waals surface area contributed by atoms with Crippen molar-refractivity contribution >= 4 is 0 Å². The Kier molecular flexibility index (Phi) is 6.71. The first-order valence-electron chi connectivity index (χ1n) is 16.1. The van der Waals surface area contributed by atoms with E-state index in [4.69, 9.17) is 0 Å². The zero-order valence-corrected chi connectivity index (χ0v) is 22.6. The molecular weight excluding hydrogens is 396 g/mol. The third-order valence-electron chi connectivity index (χ3n) is 13.5. The molecule has 10 atom stereocenters. The summed E-state index contributed by atoms with van der Waals surface area (Å²) in [4.78, 5) is 0. The van der Waals surface area contributed by atoms with E-state index in [0.717, 1.165) is 70.5 Å². The van der Waals surface area contributed by atoms with E-state index in [2.05, 4.69) is 20.8 Å². The molecule has 7 fully saturated rings. The van der Waals surface area contributed by atoms with E-state index in [1.807, 2.05) is 0 Å². The second-order valence-corrected chi connectivity index (χ2v) is 14.7. The van der Waals surface area contributed by atoms with E-state index >= 15 is 0 Å². The standard InChI is InChI=1S/C33H56/c1-4-6-7-8-16-33-21-25-10-9-11-29(25)31(32(33)22(3)5-2)30(20-24-12-14-27(33)19-24)28-15-13-23-17-26(28)18-23/h22-32H,4-21H2,1-3H3. The lowest BCUT2D eigenvalue weighted by atomic mass is 9.42. The molecule has 0 amide bonds. The molecule has 7 rings (SSSR count). The lowest BCUT2D eigenvalue weighted by Gasteiger charge is -2.63. The lowest BCUT2D eigenvalue weighted by Crippen LogP contribution is -2.57. The minimum Gasteiger partial charge on any atom is -0.0654 e. The van der Waals surface area contributed by atoms with Crippen molar-refractivity contribution in [3.63, 3.8) is 0 Å². The Balaban J connectivity index is 1.41. The fourth-order valence-corrected chi connectivity index (χ4v) is 12.1. The van der Waals surface area contributed by atoms with Gasteiger partial charge in [-0.05, 0) is 128 Å². The summed E-state index contributed by atoms with van der Waals surface area (Å²) in [6.45, 7) is 7.69. The molecule has 0 heteroatoms. The van der Waals surface area contributed by atoms with Gasteiger partial charge in [0.1, 0.15) is 0 Å². The van der Waals surface area contributed by atoms with E-state index < -0.39 is 0 Å². The molecule has 7 aliphatic carbocycles. The highest BCUT2D eigenvalue weighted by atomic mass is 14.7. The lowest BCUT2D eigenvalue weighted by molar-refractivity contribution is -0.148. The summed E-state index contributed by atoms with van der Waals surface area (Å²) in [6.07, 6.45) is 28.4. The van der Waals surface area contributed by atoms with E-state index in [1.54, 1.807) is 89.9 Å². The highest BCUT2D eigenvalue weighted by molar-refractivity contribution is 5.11. The molecule has 0 aromatic rings. The average molecular weight is 453 g/mol. The first-order valence-corrected chi connectivity index (χ1v) is 16.1. The second-order valence-electron chi connectivity index (χ2n) is 14.7. The Morgan fingerprint density at radius 3 is 2.30 bits per heavy atom. The van der Waals surface area contributed by atoms with Crippen LogP contribution in [0.5, 0.6) is 0 Å². The molecule has 0 spiro atoms. The fourth-order valence-electron chi connectivity index (χ4n) is 12.1. The molecule has 0 aromatic carbocycles. The van der Waals surface area contributed by atoms with Crippen LogP contribution < -0.4 is 0 Å². The van der Waals surface area contributed by atoms with Crippen LogP contribution in [0.2, 0.25) is 0 Å². The molecule has 0 heterocycles. The van der Waals surface area contributed by atoms with Crippen LogP contribution in [0, 0.1) is 70.5 Å². The van der Waals surface area contributed by atoms with Crippen molar-refractivity contribution in [2.24, 2.45) is 70.5 Å². The van der Waals surface area contributed by atoms with Crippen molar-refractivity contribution in [2.45, 2.75) is 136 Å². The number of hydrogen-bond donors (Lipinski definition) is 0. The first kappa shape index (κ1) is 23.4. The minimum atomic E-state index is 0.726. The largest absolute Gasteiger partial charge is 0.0654 e. The maximum Gasteiger partial charge on any atom is -0.0233 e. The minimum absolute atomic E-state index is 0.726. The number of fused-ring (bicyclic) bond motifs is 9. The molecular formula is C33H56. The summed E-state index contributed by atoms with van der Waals surface area (Å²) in [7, 11) is 0. The smallest absolute Gasteiger partial charge is 0.0233 e. The number of rotatable bonds is 8. The van der Waals surface area contributed by atoms with E-state index in [-0.39, 0.29) is 0 Å². The maximum atomic E-state index is 2.74. The fraction of sp³-hybridized carbons (Fsp3) is 1.00. The van der Waals surface area contributed by atoms with Crippen LogP contribution in [0.25, 0.3) is 0 Å². The van der Waals surface area contributed by atoms with Gasteiger partial charge < -0.3 is 0 Å². The van der Waals surface area contributed by atoms with Crippen LogP contribution in [-0.2, 0) is 0 Å². The Morgan fingerprint density at radius 1 is 0.727 bits per heavy atom. The normalized spacial score (nSPS) is 51.4. The van der Waals surface area contributed by atoms with Crippen molar-refractivity contribution in [1.82, 2.24) is 0 Å². The summed E-state index contributed by atoms with van der Waals surface area (Å²) in [5.74, 6) is 12.1. The Labute approximate surface area is 206 Å². The predicted molar refractivity (Wildman–Crippen MR) is 141 cm³/mol. The van der Waals surface area contributed by atoms with Crippen LogP contribution in [0.15, 0.2) is 0 Å². The highest BCUT2D eigenvalue weighted by Crippen LogP contribution is 2.70. The third-order valence-corrected chi connectivity index (χ3v) is 13.5. The molecule has 0 aromatic heterocycles. The molecule has 0 N–H and O–H groups in total. The zero-order valence-electron chi connectivity index (χ0n) is 22.6. The molecule has 0 aliphatic heterocycles. The maximum absolute atomic E-state index is 2.74. The number of hydrogen-bond acceptors (Lipinski definition) is 0. The molecule has 33 heavy (non-hydrogen) atoms. The molecule has 0 saturated heterocycles. The van der Waals surface area contributed by atoms with E-state index in [9.17, 15) is 0 Å². The summed E-state index contributed by atoms with van der Waals surface area (Å²) in [5.41, 5.74) is 0.726. The van der Waals surface area contributed by atoms with E-state index in [1.165, 1.54) is 25.7 Å². The predicted octanol–water partition coefficient (Wildman–Crippen LogP) is 9.91. The van der Waals surface area contributed by atoms with Gasteiger partial charge in [0.2, 0.25) is 0 Å². The van der Waals surface area contributed by atoms with Crippen molar-refractivity contribution < 1.29 is 0 Å². The van der Waals surface area contributed by atoms with Gasteiger partial charge >= 0.3 is 0 Å². The average Bonchev–Trinajstić information content (AvgIpc) is 3.48. The van der Waals surface area contributed by atoms with Gasteiger partial charge in [-0.15, -0.1) is 0 Å². The van der Waals surface area contributed by atoms with Crippen LogP contribution in [0.1, 0.15) is 136 Å². The number of unbranched alkanes of at least 4 members (excludes halogenated alkanes) is 3. The molecule has 0 radical (unpaired) electrons.